The fourth-order valence-electron chi connectivity index (χ4n) is 1.44. The van der Waals surface area contributed by atoms with Crippen molar-refractivity contribution in [3.8, 4) is 12.1 Å². The number of nitriles is 2. The molecular formula is C13H12F3N3S. The largest absolute Gasteiger partial charge is 0.417 e. The molecule has 1 rings (SSSR count). The van der Waals surface area contributed by atoms with Crippen LogP contribution in [0.15, 0.2) is 11.1 Å². The minimum Gasteiger partial charge on any atom is -0.244 e. The highest BCUT2D eigenvalue weighted by atomic mass is 32.2. The van der Waals surface area contributed by atoms with Gasteiger partial charge < -0.3 is 0 Å². The van der Waals surface area contributed by atoms with Crippen LogP contribution in [0.4, 0.5) is 13.2 Å². The van der Waals surface area contributed by atoms with Crippen molar-refractivity contribution < 1.29 is 13.2 Å². The van der Waals surface area contributed by atoms with E-state index in [4.69, 9.17) is 10.5 Å². The minimum atomic E-state index is -4.63. The number of hydrogen-bond donors (Lipinski definition) is 0. The lowest BCUT2D eigenvalue weighted by atomic mass is 9.90. The SMILES string of the molecule is CC(C)(C)c1cc(C(F)(F)F)c(C#N)c(SCC#N)n1. The molecule has 1 aromatic rings. The molecule has 0 radical (unpaired) electrons. The number of thioether (sulfide) groups is 1. The van der Waals surface area contributed by atoms with Crippen molar-refractivity contribution in [3.05, 3.63) is 22.9 Å². The van der Waals surface area contributed by atoms with E-state index in [0.29, 0.717) is 0 Å². The van der Waals surface area contributed by atoms with Gasteiger partial charge in [0.1, 0.15) is 11.1 Å². The Hall–Kier alpha value is -1.73. The maximum absolute atomic E-state index is 13.1. The first-order valence-corrected chi connectivity index (χ1v) is 6.62. The Morgan fingerprint density at radius 2 is 1.85 bits per heavy atom. The second kappa shape index (κ2) is 5.72. The summed E-state index contributed by atoms with van der Waals surface area (Å²) >= 11 is 0.837. The Kier molecular flexibility index (Phi) is 4.67. The molecule has 0 spiro atoms. The van der Waals surface area contributed by atoms with Gasteiger partial charge in [0.15, 0.2) is 0 Å². The molecule has 0 atom stereocenters. The van der Waals surface area contributed by atoms with Crippen LogP contribution in [0.25, 0.3) is 0 Å². The molecule has 106 valence electrons. The summed E-state index contributed by atoms with van der Waals surface area (Å²) in [5.74, 6) is -0.0629. The van der Waals surface area contributed by atoms with E-state index in [1.165, 1.54) is 0 Å². The van der Waals surface area contributed by atoms with Crippen molar-refractivity contribution in [2.45, 2.75) is 37.4 Å². The van der Waals surface area contributed by atoms with Gasteiger partial charge in [-0.1, -0.05) is 32.5 Å². The first-order valence-electron chi connectivity index (χ1n) is 5.64. The standard InChI is InChI=1S/C13H12F3N3S/c1-12(2,3)10-6-9(13(14,15)16)8(7-18)11(19-10)20-5-4-17/h6H,5H2,1-3H3. The van der Waals surface area contributed by atoms with Gasteiger partial charge >= 0.3 is 6.18 Å². The molecule has 0 aliphatic rings. The highest BCUT2D eigenvalue weighted by Gasteiger charge is 2.37. The third-order valence-electron chi connectivity index (χ3n) is 2.45. The molecule has 3 nitrogen and oxygen atoms in total. The zero-order valence-electron chi connectivity index (χ0n) is 11.2. The lowest BCUT2D eigenvalue weighted by molar-refractivity contribution is -0.138. The molecule has 20 heavy (non-hydrogen) atoms. The van der Waals surface area contributed by atoms with Crippen LogP contribution in [0.5, 0.6) is 0 Å². The van der Waals surface area contributed by atoms with Gasteiger partial charge in [0.05, 0.1) is 22.9 Å². The number of nitrogens with zero attached hydrogens (tertiary/aromatic N) is 3. The normalized spacial score (nSPS) is 11.8. The number of aromatic nitrogens is 1. The van der Waals surface area contributed by atoms with Crippen molar-refractivity contribution in [2.24, 2.45) is 0 Å². The fourth-order valence-corrected chi connectivity index (χ4v) is 2.11. The molecule has 0 aromatic carbocycles. The van der Waals surface area contributed by atoms with Crippen LogP contribution >= 0.6 is 11.8 Å². The average molecular weight is 299 g/mol. The molecule has 0 amide bonds. The van der Waals surface area contributed by atoms with Crippen LogP contribution in [0.1, 0.15) is 37.6 Å². The van der Waals surface area contributed by atoms with E-state index in [1.54, 1.807) is 26.8 Å². The molecule has 1 aromatic heterocycles. The highest BCUT2D eigenvalue weighted by molar-refractivity contribution is 7.99. The van der Waals surface area contributed by atoms with Crippen LogP contribution < -0.4 is 0 Å². The van der Waals surface area contributed by atoms with Gasteiger partial charge in [-0.25, -0.2) is 4.98 Å². The molecule has 0 saturated carbocycles. The quantitative estimate of drug-likeness (QED) is 0.777. The van der Waals surface area contributed by atoms with Crippen molar-refractivity contribution in [2.75, 3.05) is 5.75 Å². The zero-order chi connectivity index (χ0) is 15.6. The van der Waals surface area contributed by atoms with Crippen LogP contribution in [-0.4, -0.2) is 10.7 Å². The fraction of sp³-hybridized carbons (Fsp3) is 0.462. The maximum Gasteiger partial charge on any atom is 0.417 e. The molecule has 7 heteroatoms. The van der Waals surface area contributed by atoms with Crippen LogP contribution in [0, 0.1) is 22.7 Å². The summed E-state index contributed by atoms with van der Waals surface area (Å²) in [4.78, 5) is 4.12. The molecule has 0 bridgehead atoms. The van der Waals surface area contributed by atoms with Crippen molar-refractivity contribution in [3.63, 3.8) is 0 Å². The Bertz CT molecular complexity index is 589. The summed E-state index contributed by atoms with van der Waals surface area (Å²) < 4.78 is 39.2. The van der Waals surface area contributed by atoms with Crippen molar-refractivity contribution in [1.29, 1.82) is 10.5 Å². The smallest absolute Gasteiger partial charge is 0.244 e. The van der Waals surface area contributed by atoms with Gasteiger partial charge in [-0.3, -0.25) is 0 Å². The average Bonchev–Trinajstić information content (AvgIpc) is 2.32. The monoisotopic (exact) mass is 299 g/mol. The molecule has 0 fully saturated rings. The summed E-state index contributed by atoms with van der Waals surface area (Å²) in [6.45, 7) is 5.21. The predicted octanol–water partition coefficient (Wildman–Crippen LogP) is 3.89. The Balaban J connectivity index is 3.58. The number of alkyl halides is 3. The molecule has 0 aliphatic carbocycles. The van der Waals surface area contributed by atoms with E-state index in [2.05, 4.69) is 4.98 Å². The second-order valence-corrected chi connectivity index (χ2v) is 6.01. The van der Waals surface area contributed by atoms with Crippen LogP contribution in [0.2, 0.25) is 0 Å². The Labute approximate surface area is 119 Å². The predicted molar refractivity (Wildman–Crippen MR) is 69.0 cm³/mol. The molecule has 1 heterocycles. The summed E-state index contributed by atoms with van der Waals surface area (Å²) in [7, 11) is 0. The van der Waals surface area contributed by atoms with Gasteiger partial charge in [-0.2, -0.15) is 23.7 Å². The summed E-state index contributed by atoms with van der Waals surface area (Å²) in [5, 5.41) is 17.5. The lowest BCUT2D eigenvalue weighted by Gasteiger charge is -2.21. The van der Waals surface area contributed by atoms with E-state index in [0.717, 1.165) is 17.8 Å². The topological polar surface area (TPSA) is 60.5 Å². The summed E-state index contributed by atoms with van der Waals surface area (Å²) in [5.41, 5.74) is -1.87. The molecule has 0 unspecified atom stereocenters. The first kappa shape index (κ1) is 16.3. The molecule has 0 saturated heterocycles. The van der Waals surface area contributed by atoms with Gasteiger partial charge in [-0.15, -0.1) is 0 Å². The van der Waals surface area contributed by atoms with E-state index >= 15 is 0 Å². The number of rotatable bonds is 2. The van der Waals surface area contributed by atoms with Crippen molar-refractivity contribution >= 4 is 11.8 Å². The van der Waals surface area contributed by atoms with E-state index in [-0.39, 0.29) is 16.5 Å². The zero-order valence-corrected chi connectivity index (χ0v) is 12.0. The van der Waals surface area contributed by atoms with E-state index < -0.39 is 22.7 Å². The van der Waals surface area contributed by atoms with Crippen LogP contribution in [-0.2, 0) is 11.6 Å². The van der Waals surface area contributed by atoms with Gasteiger partial charge in [0.25, 0.3) is 0 Å². The number of halogens is 3. The maximum atomic E-state index is 13.1. The third kappa shape index (κ3) is 3.64. The minimum absolute atomic E-state index is 0.0474. The van der Waals surface area contributed by atoms with Crippen molar-refractivity contribution in [1.82, 2.24) is 4.98 Å². The Morgan fingerprint density at radius 3 is 2.25 bits per heavy atom. The van der Waals surface area contributed by atoms with Gasteiger partial charge in [-0.05, 0) is 6.07 Å². The second-order valence-electron chi connectivity index (χ2n) is 5.04. The molecule has 0 aliphatic heterocycles. The highest BCUT2D eigenvalue weighted by Crippen LogP contribution is 2.37. The lowest BCUT2D eigenvalue weighted by Crippen LogP contribution is -2.18. The third-order valence-corrected chi connectivity index (χ3v) is 3.29. The van der Waals surface area contributed by atoms with E-state index in [9.17, 15) is 13.2 Å². The van der Waals surface area contributed by atoms with E-state index in [1.807, 2.05) is 6.07 Å². The summed E-state index contributed by atoms with van der Waals surface area (Å²) in [6, 6.07) is 4.27. The molecular weight excluding hydrogens is 287 g/mol. The van der Waals surface area contributed by atoms with Gasteiger partial charge in [0, 0.05) is 11.1 Å². The van der Waals surface area contributed by atoms with Gasteiger partial charge in [0.2, 0.25) is 0 Å². The number of pyridine rings is 1. The molecule has 0 N–H and O–H groups in total. The number of hydrogen-bond acceptors (Lipinski definition) is 4. The first-order chi connectivity index (χ1) is 9.11. The summed E-state index contributed by atoms with van der Waals surface area (Å²) in [6.07, 6.45) is -4.63. The Morgan fingerprint density at radius 1 is 1.25 bits per heavy atom. The van der Waals surface area contributed by atoms with Crippen LogP contribution in [0.3, 0.4) is 0 Å².